The Bertz CT molecular complexity index is 855. The number of thiazole rings is 1. The van der Waals surface area contributed by atoms with Crippen molar-refractivity contribution in [3.63, 3.8) is 0 Å². The Morgan fingerprint density at radius 2 is 2.29 bits per heavy atom. The summed E-state index contributed by atoms with van der Waals surface area (Å²) < 4.78 is 7.54. The summed E-state index contributed by atoms with van der Waals surface area (Å²) in [5.41, 5.74) is 3.33. The maximum absolute atomic E-state index is 12.6. The molecule has 124 valence electrons. The summed E-state index contributed by atoms with van der Waals surface area (Å²) in [6.07, 6.45) is 5.16. The Labute approximate surface area is 144 Å². The van der Waals surface area contributed by atoms with Gasteiger partial charge < -0.3 is 9.64 Å². The Hall–Kier alpha value is -2.34. The van der Waals surface area contributed by atoms with E-state index in [9.17, 15) is 4.79 Å². The predicted molar refractivity (Wildman–Crippen MR) is 93.5 cm³/mol. The van der Waals surface area contributed by atoms with Gasteiger partial charge in [-0.15, -0.1) is 11.3 Å². The quantitative estimate of drug-likeness (QED) is 0.733. The van der Waals surface area contributed by atoms with Gasteiger partial charge in [-0.2, -0.15) is 0 Å². The van der Waals surface area contributed by atoms with Crippen LogP contribution in [0.5, 0.6) is 5.75 Å². The van der Waals surface area contributed by atoms with E-state index < -0.39 is 0 Å². The Morgan fingerprint density at radius 3 is 3.12 bits per heavy atom. The monoisotopic (exact) mass is 341 g/mol. The fourth-order valence-electron chi connectivity index (χ4n) is 3.13. The number of amides is 1. The van der Waals surface area contributed by atoms with Crippen LogP contribution in [0.25, 0.3) is 4.96 Å². The number of hydrogen-bond acceptors (Lipinski definition) is 4. The van der Waals surface area contributed by atoms with Crippen molar-refractivity contribution in [2.24, 2.45) is 0 Å². The summed E-state index contributed by atoms with van der Waals surface area (Å²) in [7, 11) is 0. The molecule has 6 heteroatoms. The lowest BCUT2D eigenvalue weighted by Gasteiger charge is -2.29. The van der Waals surface area contributed by atoms with Crippen molar-refractivity contribution in [2.45, 2.75) is 26.3 Å². The second-order valence-corrected chi connectivity index (χ2v) is 6.80. The van der Waals surface area contributed by atoms with Gasteiger partial charge in [-0.3, -0.25) is 9.20 Å². The molecule has 0 unspecified atom stereocenters. The molecule has 0 fully saturated rings. The van der Waals surface area contributed by atoms with E-state index in [1.165, 1.54) is 11.1 Å². The number of aromatic nitrogens is 2. The topological polar surface area (TPSA) is 46.8 Å². The highest BCUT2D eigenvalue weighted by atomic mass is 32.1. The molecule has 4 rings (SSSR count). The molecule has 0 aliphatic carbocycles. The maximum Gasteiger partial charge on any atom is 0.228 e. The molecule has 1 aliphatic rings. The van der Waals surface area contributed by atoms with Gasteiger partial charge in [0.25, 0.3) is 0 Å². The van der Waals surface area contributed by atoms with E-state index >= 15 is 0 Å². The Morgan fingerprint density at radius 1 is 1.38 bits per heavy atom. The number of carbonyl (C=O) groups is 1. The van der Waals surface area contributed by atoms with Crippen LogP contribution in [0.3, 0.4) is 0 Å². The van der Waals surface area contributed by atoms with Crippen molar-refractivity contribution in [3.8, 4) is 5.75 Å². The SMILES string of the molecule is CCOc1ccc2c(c1)CN(C(=O)Cc1cn3ccsc3n1)CC2. The molecule has 0 spiro atoms. The van der Waals surface area contributed by atoms with E-state index in [-0.39, 0.29) is 5.91 Å². The van der Waals surface area contributed by atoms with Gasteiger partial charge in [-0.05, 0) is 36.6 Å². The lowest BCUT2D eigenvalue weighted by atomic mass is 9.99. The number of hydrogen-bond donors (Lipinski definition) is 0. The number of fused-ring (bicyclic) bond motifs is 2. The third kappa shape index (κ3) is 2.89. The van der Waals surface area contributed by atoms with Crippen LogP contribution in [-0.4, -0.2) is 33.3 Å². The molecule has 3 aromatic rings. The van der Waals surface area contributed by atoms with E-state index in [1.54, 1.807) is 11.3 Å². The molecule has 0 radical (unpaired) electrons. The average molecular weight is 341 g/mol. The summed E-state index contributed by atoms with van der Waals surface area (Å²) in [6, 6.07) is 6.19. The second kappa shape index (κ2) is 6.28. The van der Waals surface area contributed by atoms with E-state index in [1.807, 2.05) is 40.1 Å². The minimum Gasteiger partial charge on any atom is -0.494 e. The third-order valence-electron chi connectivity index (χ3n) is 4.33. The summed E-state index contributed by atoms with van der Waals surface area (Å²) in [5, 5.41) is 1.99. The van der Waals surface area contributed by atoms with Crippen LogP contribution >= 0.6 is 11.3 Å². The van der Waals surface area contributed by atoms with Crippen LogP contribution in [0.15, 0.2) is 36.0 Å². The lowest BCUT2D eigenvalue weighted by Crippen LogP contribution is -2.37. The van der Waals surface area contributed by atoms with Gasteiger partial charge >= 0.3 is 0 Å². The largest absolute Gasteiger partial charge is 0.494 e. The predicted octanol–water partition coefficient (Wildman–Crippen LogP) is 2.92. The van der Waals surface area contributed by atoms with Crippen molar-refractivity contribution in [1.82, 2.24) is 14.3 Å². The van der Waals surface area contributed by atoms with Crippen LogP contribution in [0, 0.1) is 0 Å². The van der Waals surface area contributed by atoms with Crippen molar-refractivity contribution in [2.75, 3.05) is 13.2 Å². The zero-order valence-corrected chi connectivity index (χ0v) is 14.4. The van der Waals surface area contributed by atoms with Gasteiger partial charge in [0.05, 0.1) is 18.7 Å². The number of ether oxygens (including phenoxy) is 1. The number of nitrogens with zero attached hydrogens (tertiary/aromatic N) is 3. The highest BCUT2D eigenvalue weighted by molar-refractivity contribution is 7.15. The first-order chi connectivity index (χ1) is 11.7. The molecule has 1 aliphatic heterocycles. The molecule has 1 amide bonds. The van der Waals surface area contributed by atoms with Crippen LogP contribution in [-0.2, 0) is 24.2 Å². The fraction of sp³-hybridized carbons (Fsp3) is 0.333. The van der Waals surface area contributed by atoms with Crippen LogP contribution in [0.1, 0.15) is 23.7 Å². The molecule has 5 nitrogen and oxygen atoms in total. The van der Waals surface area contributed by atoms with E-state index in [4.69, 9.17) is 4.74 Å². The van der Waals surface area contributed by atoms with Crippen LogP contribution in [0.2, 0.25) is 0 Å². The molecule has 0 atom stereocenters. The minimum atomic E-state index is 0.133. The van der Waals surface area contributed by atoms with E-state index in [0.717, 1.165) is 29.4 Å². The van der Waals surface area contributed by atoms with Gasteiger partial charge in [-0.1, -0.05) is 6.07 Å². The second-order valence-electron chi connectivity index (χ2n) is 5.93. The first-order valence-corrected chi connectivity index (χ1v) is 9.04. The minimum absolute atomic E-state index is 0.133. The van der Waals surface area contributed by atoms with Crippen molar-refractivity contribution in [1.29, 1.82) is 0 Å². The number of carbonyl (C=O) groups excluding carboxylic acids is 1. The zero-order valence-electron chi connectivity index (χ0n) is 13.6. The zero-order chi connectivity index (χ0) is 16.5. The molecule has 0 saturated carbocycles. The average Bonchev–Trinajstić information content (AvgIpc) is 3.16. The van der Waals surface area contributed by atoms with Crippen LogP contribution in [0.4, 0.5) is 0 Å². The molecular formula is C18H19N3O2S. The maximum atomic E-state index is 12.6. The molecule has 1 aromatic carbocycles. The van der Waals surface area contributed by atoms with Gasteiger partial charge in [0, 0.05) is 30.9 Å². The number of imidazole rings is 1. The summed E-state index contributed by atoms with van der Waals surface area (Å²) >= 11 is 1.58. The lowest BCUT2D eigenvalue weighted by molar-refractivity contribution is -0.131. The van der Waals surface area contributed by atoms with Crippen molar-refractivity contribution < 1.29 is 9.53 Å². The Balaban J connectivity index is 1.47. The molecule has 0 saturated heterocycles. The summed E-state index contributed by atoms with van der Waals surface area (Å²) in [6.45, 7) is 4.04. The molecule has 24 heavy (non-hydrogen) atoms. The van der Waals surface area contributed by atoms with E-state index in [2.05, 4.69) is 17.1 Å². The standard InChI is InChI=1S/C18H19N3O2S/c1-2-23-16-4-3-13-5-6-20(11-14(13)9-16)17(22)10-15-12-21-7-8-24-18(21)19-15/h3-4,7-9,12H,2,5-6,10-11H2,1H3. The smallest absolute Gasteiger partial charge is 0.228 e. The first-order valence-electron chi connectivity index (χ1n) is 8.16. The first kappa shape index (κ1) is 15.2. The van der Waals surface area contributed by atoms with Gasteiger partial charge in [0.2, 0.25) is 5.91 Å². The van der Waals surface area contributed by atoms with Gasteiger partial charge in [0.1, 0.15) is 5.75 Å². The van der Waals surface area contributed by atoms with E-state index in [0.29, 0.717) is 19.6 Å². The van der Waals surface area contributed by atoms with Crippen molar-refractivity contribution in [3.05, 3.63) is 52.8 Å². The molecule has 0 bridgehead atoms. The molecule has 2 aromatic heterocycles. The molecule has 0 N–H and O–H groups in total. The molecular weight excluding hydrogens is 322 g/mol. The van der Waals surface area contributed by atoms with Crippen molar-refractivity contribution >= 4 is 22.2 Å². The number of benzene rings is 1. The van der Waals surface area contributed by atoms with Gasteiger partial charge in [-0.25, -0.2) is 4.98 Å². The summed E-state index contributed by atoms with van der Waals surface area (Å²) in [5.74, 6) is 1.01. The number of rotatable bonds is 4. The highest BCUT2D eigenvalue weighted by Gasteiger charge is 2.22. The normalized spacial score (nSPS) is 14.0. The summed E-state index contributed by atoms with van der Waals surface area (Å²) in [4.78, 5) is 20.0. The third-order valence-corrected chi connectivity index (χ3v) is 5.10. The fourth-order valence-corrected chi connectivity index (χ4v) is 3.85. The molecule has 3 heterocycles. The Kier molecular flexibility index (Phi) is 3.98. The van der Waals surface area contributed by atoms with Gasteiger partial charge in [0.15, 0.2) is 4.96 Å². The highest BCUT2D eigenvalue weighted by Crippen LogP contribution is 2.24. The van der Waals surface area contributed by atoms with Crippen LogP contribution < -0.4 is 4.74 Å².